The molecule has 1 amide bonds. The topological polar surface area (TPSA) is 58.4 Å². The summed E-state index contributed by atoms with van der Waals surface area (Å²) in [5.74, 6) is 0.379. The van der Waals surface area contributed by atoms with Gasteiger partial charge in [-0.3, -0.25) is 9.69 Å². The number of nitrogens with zero attached hydrogens (tertiary/aromatic N) is 1. The second-order valence-electron chi connectivity index (χ2n) is 5.93. The molecule has 1 unspecified atom stereocenters. The van der Waals surface area contributed by atoms with Crippen LogP contribution in [-0.2, 0) is 11.2 Å². The second kappa shape index (κ2) is 6.86. The van der Waals surface area contributed by atoms with E-state index in [4.69, 9.17) is 5.73 Å². The number of amides is 1. The zero-order valence-corrected chi connectivity index (χ0v) is 12.4. The highest BCUT2D eigenvalue weighted by atomic mass is 16.1. The molecule has 1 aliphatic heterocycles. The van der Waals surface area contributed by atoms with E-state index in [0.717, 1.165) is 38.2 Å². The minimum absolute atomic E-state index is 0.261. The van der Waals surface area contributed by atoms with Crippen molar-refractivity contribution in [1.29, 1.82) is 0 Å². The van der Waals surface area contributed by atoms with Crippen LogP contribution in [0.15, 0.2) is 24.3 Å². The van der Waals surface area contributed by atoms with Crippen LogP contribution in [0.3, 0.4) is 0 Å². The van der Waals surface area contributed by atoms with Gasteiger partial charge in [-0.25, -0.2) is 0 Å². The molecule has 2 rings (SSSR count). The number of nitrogens with two attached hydrogens (primary N) is 1. The Hall–Kier alpha value is -1.39. The molecule has 4 nitrogen and oxygen atoms in total. The fourth-order valence-electron chi connectivity index (χ4n) is 2.80. The number of carbonyl (C=O) groups excluding carboxylic acids is 1. The van der Waals surface area contributed by atoms with E-state index >= 15 is 0 Å². The first-order chi connectivity index (χ1) is 9.58. The van der Waals surface area contributed by atoms with Gasteiger partial charge in [0.15, 0.2) is 0 Å². The van der Waals surface area contributed by atoms with Crippen LogP contribution in [0.1, 0.15) is 31.0 Å². The predicted molar refractivity (Wildman–Crippen MR) is 81.4 cm³/mol. The van der Waals surface area contributed by atoms with E-state index in [2.05, 4.69) is 48.3 Å². The molecule has 1 aromatic rings. The normalized spacial score (nSPS) is 18.1. The maximum absolute atomic E-state index is 11.8. The van der Waals surface area contributed by atoms with Crippen molar-refractivity contribution in [2.45, 2.75) is 26.3 Å². The number of benzene rings is 1. The summed E-state index contributed by atoms with van der Waals surface area (Å²) in [6.45, 7) is 7.97. The van der Waals surface area contributed by atoms with Crippen LogP contribution < -0.4 is 11.1 Å². The molecule has 0 aliphatic carbocycles. The van der Waals surface area contributed by atoms with Gasteiger partial charge in [0.2, 0.25) is 5.91 Å². The van der Waals surface area contributed by atoms with Gasteiger partial charge in [0.25, 0.3) is 0 Å². The van der Waals surface area contributed by atoms with Crippen LogP contribution in [0.5, 0.6) is 0 Å². The number of rotatable bonds is 5. The summed E-state index contributed by atoms with van der Waals surface area (Å²) in [5.41, 5.74) is 7.94. The molecule has 3 N–H and O–H groups in total. The van der Waals surface area contributed by atoms with Crippen molar-refractivity contribution in [2.75, 3.05) is 26.2 Å². The number of hydrogen-bond donors (Lipinski definition) is 2. The smallest absolute Gasteiger partial charge is 0.239 e. The van der Waals surface area contributed by atoms with Gasteiger partial charge in [-0.2, -0.15) is 0 Å². The third-order valence-corrected chi connectivity index (χ3v) is 3.73. The van der Waals surface area contributed by atoms with Gasteiger partial charge < -0.3 is 11.1 Å². The number of piperazine rings is 1. The van der Waals surface area contributed by atoms with Crippen molar-refractivity contribution in [3.8, 4) is 0 Å². The predicted octanol–water partition coefficient (Wildman–Crippen LogP) is 1.32. The molecule has 0 aromatic heterocycles. The lowest BCUT2D eigenvalue weighted by molar-refractivity contribution is -0.123. The molecule has 1 heterocycles. The zero-order chi connectivity index (χ0) is 14.5. The third kappa shape index (κ3) is 3.81. The molecule has 1 fully saturated rings. The molecule has 1 aromatic carbocycles. The Morgan fingerprint density at radius 2 is 1.85 bits per heavy atom. The summed E-state index contributed by atoms with van der Waals surface area (Å²) in [7, 11) is 0. The molecule has 0 bridgehead atoms. The van der Waals surface area contributed by atoms with Crippen LogP contribution in [0.25, 0.3) is 0 Å². The molecule has 0 spiro atoms. The van der Waals surface area contributed by atoms with E-state index in [9.17, 15) is 4.79 Å². The Bertz CT molecular complexity index is 436. The van der Waals surface area contributed by atoms with Crippen LogP contribution in [0.4, 0.5) is 0 Å². The fraction of sp³-hybridized carbons (Fsp3) is 0.562. The second-order valence-corrected chi connectivity index (χ2v) is 5.93. The van der Waals surface area contributed by atoms with E-state index < -0.39 is 0 Å². The number of nitrogens with one attached hydrogen (secondary N) is 1. The lowest BCUT2D eigenvalue weighted by Gasteiger charge is -2.33. The lowest BCUT2D eigenvalue weighted by atomic mass is 9.98. The van der Waals surface area contributed by atoms with E-state index in [0.29, 0.717) is 5.92 Å². The quantitative estimate of drug-likeness (QED) is 0.852. The molecule has 20 heavy (non-hydrogen) atoms. The minimum Gasteiger partial charge on any atom is -0.368 e. The van der Waals surface area contributed by atoms with Gasteiger partial charge >= 0.3 is 0 Å². The highest BCUT2D eigenvalue weighted by molar-refractivity contribution is 5.81. The van der Waals surface area contributed by atoms with Crippen molar-refractivity contribution in [2.24, 2.45) is 11.7 Å². The standard InChI is InChI=1S/C16H25N3O/c1-12(2)11-13-3-5-14(6-4-13)15(16(17)20)19-9-7-18-8-10-19/h3-6,12,15,18H,7-11H2,1-2H3,(H2,17,20). The van der Waals surface area contributed by atoms with Gasteiger partial charge in [0.1, 0.15) is 6.04 Å². The van der Waals surface area contributed by atoms with Crippen LogP contribution in [0.2, 0.25) is 0 Å². The van der Waals surface area contributed by atoms with Crippen molar-refractivity contribution < 1.29 is 4.79 Å². The molecule has 4 heteroatoms. The zero-order valence-electron chi connectivity index (χ0n) is 12.4. The summed E-state index contributed by atoms with van der Waals surface area (Å²) >= 11 is 0. The molecule has 1 atom stereocenters. The molecule has 0 saturated carbocycles. The van der Waals surface area contributed by atoms with Crippen LogP contribution >= 0.6 is 0 Å². The first-order valence-electron chi connectivity index (χ1n) is 7.41. The monoisotopic (exact) mass is 275 g/mol. The van der Waals surface area contributed by atoms with E-state index in [1.54, 1.807) is 0 Å². The maximum Gasteiger partial charge on any atom is 0.239 e. The summed E-state index contributed by atoms with van der Waals surface area (Å²) in [4.78, 5) is 14.0. The van der Waals surface area contributed by atoms with Crippen molar-refractivity contribution in [3.05, 3.63) is 35.4 Å². The van der Waals surface area contributed by atoms with Crippen LogP contribution in [-0.4, -0.2) is 37.0 Å². The largest absolute Gasteiger partial charge is 0.368 e. The Labute approximate surface area is 121 Å². The number of carbonyl (C=O) groups is 1. The first kappa shape index (κ1) is 15.0. The number of primary amides is 1. The summed E-state index contributed by atoms with van der Waals surface area (Å²) in [5, 5.41) is 3.30. The molecule has 1 aliphatic rings. The van der Waals surface area contributed by atoms with E-state index in [1.807, 2.05) is 0 Å². The Morgan fingerprint density at radius 1 is 1.25 bits per heavy atom. The maximum atomic E-state index is 11.8. The molecule has 1 saturated heterocycles. The molecule has 110 valence electrons. The first-order valence-corrected chi connectivity index (χ1v) is 7.41. The molecule has 0 radical (unpaired) electrons. The van der Waals surface area contributed by atoms with Crippen molar-refractivity contribution >= 4 is 5.91 Å². The van der Waals surface area contributed by atoms with Gasteiger partial charge in [-0.05, 0) is 23.5 Å². The number of hydrogen-bond acceptors (Lipinski definition) is 3. The van der Waals surface area contributed by atoms with Crippen molar-refractivity contribution in [1.82, 2.24) is 10.2 Å². The average Bonchev–Trinajstić information content (AvgIpc) is 2.41. The summed E-state index contributed by atoms with van der Waals surface area (Å²) in [6.07, 6.45) is 1.06. The molecular weight excluding hydrogens is 250 g/mol. The van der Waals surface area contributed by atoms with Gasteiger partial charge in [-0.15, -0.1) is 0 Å². The van der Waals surface area contributed by atoms with Crippen molar-refractivity contribution in [3.63, 3.8) is 0 Å². The highest BCUT2D eigenvalue weighted by Gasteiger charge is 2.26. The lowest BCUT2D eigenvalue weighted by Crippen LogP contribution is -2.48. The van der Waals surface area contributed by atoms with Crippen LogP contribution in [0, 0.1) is 5.92 Å². The van der Waals surface area contributed by atoms with E-state index in [-0.39, 0.29) is 11.9 Å². The SMILES string of the molecule is CC(C)Cc1ccc(C(C(N)=O)N2CCNCC2)cc1. The molecular formula is C16H25N3O. The minimum atomic E-state index is -0.301. The highest BCUT2D eigenvalue weighted by Crippen LogP contribution is 2.22. The third-order valence-electron chi connectivity index (χ3n) is 3.73. The van der Waals surface area contributed by atoms with E-state index in [1.165, 1.54) is 5.56 Å². The summed E-state index contributed by atoms with van der Waals surface area (Å²) < 4.78 is 0. The van der Waals surface area contributed by atoms with Gasteiger partial charge in [0.05, 0.1) is 0 Å². The fourth-order valence-corrected chi connectivity index (χ4v) is 2.80. The van der Waals surface area contributed by atoms with Gasteiger partial charge in [0, 0.05) is 26.2 Å². The van der Waals surface area contributed by atoms with Gasteiger partial charge in [-0.1, -0.05) is 38.1 Å². The Morgan fingerprint density at radius 3 is 2.35 bits per heavy atom. The Balaban J connectivity index is 2.14. The summed E-state index contributed by atoms with van der Waals surface area (Å²) in [6, 6.07) is 8.04. The average molecular weight is 275 g/mol. The Kier molecular flexibility index (Phi) is 5.15.